The van der Waals surface area contributed by atoms with E-state index < -0.39 is 0 Å². The monoisotopic (exact) mass is 279 g/mol. The second-order valence-electron chi connectivity index (χ2n) is 4.84. The van der Waals surface area contributed by atoms with Gasteiger partial charge >= 0.3 is 0 Å². The second kappa shape index (κ2) is 6.58. The number of rotatable bonds is 4. The summed E-state index contributed by atoms with van der Waals surface area (Å²) in [6.45, 7) is 4.26. The first-order valence-corrected chi connectivity index (χ1v) is 6.70. The van der Waals surface area contributed by atoms with E-state index in [1.165, 1.54) is 5.56 Å². The van der Waals surface area contributed by atoms with Crippen LogP contribution in [0.1, 0.15) is 16.7 Å². The summed E-state index contributed by atoms with van der Waals surface area (Å²) in [5, 5.41) is 14.6. The molecule has 4 nitrogen and oxygen atoms in total. The Balaban J connectivity index is 1.93. The lowest BCUT2D eigenvalue weighted by molar-refractivity contribution is -0.114. The molecule has 106 valence electrons. The van der Waals surface area contributed by atoms with Crippen LogP contribution in [0, 0.1) is 25.2 Å². The minimum Gasteiger partial charge on any atom is -0.376 e. The van der Waals surface area contributed by atoms with E-state index in [9.17, 15) is 4.79 Å². The van der Waals surface area contributed by atoms with Crippen molar-refractivity contribution in [2.45, 2.75) is 13.8 Å². The summed E-state index contributed by atoms with van der Waals surface area (Å²) < 4.78 is 0. The number of hydrogen-bond donors (Lipinski definition) is 2. The predicted octanol–water partition coefficient (Wildman–Crippen LogP) is 3.23. The summed E-state index contributed by atoms with van der Waals surface area (Å²) in [7, 11) is 0. The number of hydrogen-bond acceptors (Lipinski definition) is 3. The van der Waals surface area contributed by atoms with Gasteiger partial charge in [-0.05, 0) is 55.3 Å². The highest BCUT2D eigenvalue weighted by molar-refractivity contribution is 5.93. The lowest BCUT2D eigenvalue weighted by Gasteiger charge is -2.11. The number of anilines is 2. The molecule has 0 radical (unpaired) electrons. The number of carbonyl (C=O) groups excluding carboxylic acids is 1. The van der Waals surface area contributed by atoms with Crippen LogP contribution in [0.4, 0.5) is 11.4 Å². The van der Waals surface area contributed by atoms with Gasteiger partial charge in [0.25, 0.3) is 0 Å². The average molecular weight is 279 g/mol. The summed E-state index contributed by atoms with van der Waals surface area (Å²) in [5.74, 6) is -0.124. The molecule has 21 heavy (non-hydrogen) atoms. The number of nitriles is 1. The van der Waals surface area contributed by atoms with E-state index >= 15 is 0 Å². The van der Waals surface area contributed by atoms with Crippen molar-refractivity contribution in [1.29, 1.82) is 5.26 Å². The third kappa shape index (κ3) is 3.83. The Morgan fingerprint density at radius 1 is 1.14 bits per heavy atom. The van der Waals surface area contributed by atoms with Gasteiger partial charge in [0.05, 0.1) is 18.2 Å². The molecule has 0 saturated heterocycles. The lowest BCUT2D eigenvalue weighted by atomic mass is 10.1. The zero-order valence-electron chi connectivity index (χ0n) is 12.1. The number of nitrogens with zero attached hydrogens (tertiary/aromatic N) is 1. The summed E-state index contributed by atoms with van der Waals surface area (Å²) >= 11 is 0. The fourth-order valence-electron chi connectivity index (χ4n) is 1.95. The van der Waals surface area contributed by atoms with Crippen molar-refractivity contribution >= 4 is 17.3 Å². The van der Waals surface area contributed by atoms with E-state index in [-0.39, 0.29) is 12.5 Å². The Morgan fingerprint density at radius 3 is 2.52 bits per heavy atom. The van der Waals surface area contributed by atoms with Crippen LogP contribution >= 0.6 is 0 Å². The molecule has 0 fully saturated rings. The molecule has 0 bridgehead atoms. The zero-order chi connectivity index (χ0) is 15.2. The van der Waals surface area contributed by atoms with Gasteiger partial charge < -0.3 is 10.6 Å². The largest absolute Gasteiger partial charge is 0.376 e. The van der Waals surface area contributed by atoms with Gasteiger partial charge in [-0.3, -0.25) is 4.79 Å². The van der Waals surface area contributed by atoms with Crippen molar-refractivity contribution in [3.8, 4) is 6.07 Å². The first-order chi connectivity index (χ1) is 10.1. The van der Waals surface area contributed by atoms with Crippen LogP contribution < -0.4 is 10.6 Å². The Kier molecular flexibility index (Phi) is 4.57. The fourth-order valence-corrected chi connectivity index (χ4v) is 1.95. The summed E-state index contributed by atoms with van der Waals surface area (Å²) in [5.41, 5.74) is 4.55. The van der Waals surface area contributed by atoms with E-state index in [0.717, 1.165) is 11.3 Å². The van der Waals surface area contributed by atoms with Crippen LogP contribution in [-0.2, 0) is 4.79 Å². The first kappa shape index (κ1) is 14.6. The maximum Gasteiger partial charge on any atom is 0.243 e. The van der Waals surface area contributed by atoms with Crippen molar-refractivity contribution in [3.63, 3.8) is 0 Å². The smallest absolute Gasteiger partial charge is 0.243 e. The second-order valence-corrected chi connectivity index (χ2v) is 4.84. The van der Waals surface area contributed by atoms with Gasteiger partial charge in [0.15, 0.2) is 0 Å². The van der Waals surface area contributed by atoms with E-state index in [2.05, 4.69) is 10.6 Å². The van der Waals surface area contributed by atoms with Crippen LogP contribution in [0.3, 0.4) is 0 Å². The van der Waals surface area contributed by atoms with Crippen molar-refractivity contribution in [2.24, 2.45) is 0 Å². The molecule has 0 aliphatic rings. The molecule has 2 rings (SSSR count). The van der Waals surface area contributed by atoms with E-state index in [1.54, 1.807) is 24.3 Å². The van der Waals surface area contributed by atoms with Crippen LogP contribution in [-0.4, -0.2) is 12.5 Å². The topological polar surface area (TPSA) is 64.9 Å². The minimum atomic E-state index is -0.124. The van der Waals surface area contributed by atoms with E-state index in [4.69, 9.17) is 5.26 Å². The molecular formula is C17H17N3O. The molecule has 0 saturated carbocycles. The summed E-state index contributed by atoms with van der Waals surface area (Å²) in [4.78, 5) is 11.9. The molecule has 0 heterocycles. The number of nitrogens with one attached hydrogen (secondary N) is 2. The highest BCUT2D eigenvalue weighted by Gasteiger charge is 2.05. The SMILES string of the molecule is Cc1cccc(NCC(=O)Nc2ccc(C#N)cc2)c1C. The molecular weight excluding hydrogens is 262 g/mol. The van der Waals surface area contributed by atoms with Crippen molar-refractivity contribution in [3.05, 3.63) is 59.2 Å². The summed E-state index contributed by atoms with van der Waals surface area (Å²) in [6, 6.07) is 14.8. The van der Waals surface area contributed by atoms with Crippen LogP contribution in [0.15, 0.2) is 42.5 Å². The minimum absolute atomic E-state index is 0.124. The maximum absolute atomic E-state index is 11.9. The van der Waals surface area contributed by atoms with E-state index in [1.807, 2.05) is 38.1 Å². The average Bonchev–Trinajstić information content (AvgIpc) is 2.49. The Bertz CT molecular complexity index is 684. The van der Waals surface area contributed by atoms with Crippen LogP contribution in [0.5, 0.6) is 0 Å². The zero-order valence-corrected chi connectivity index (χ0v) is 12.1. The summed E-state index contributed by atoms with van der Waals surface area (Å²) in [6.07, 6.45) is 0. The van der Waals surface area contributed by atoms with Gasteiger partial charge in [0.2, 0.25) is 5.91 Å². The molecule has 0 atom stereocenters. The van der Waals surface area contributed by atoms with Gasteiger partial charge in [0, 0.05) is 11.4 Å². The van der Waals surface area contributed by atoms with Gasteiger partial charge in [-0.25, -0.2) is 0 Å². The van der Waals surface area contributed by atoms with Gasteiger partial charge in [-0.1, -0.05) is 12.1 Å². The molecule has 0 aliphatic carbocycles. The third-order valence-electron chi connectivity index (χ3n) is 3.34. The van der Waals surface area contributed by atoms with Crippen molar-refractivity contribution < 1.29 is 4.79 Å². The number of aryl methyl sites for hydroxylation is 1. The quantitative estimate of drug-likeness (QED) is 0.903. The normalized spacial score (nSPS) is 9.76. The molecule has 0 unspecified atom stereocenters. The number of benzene rings is 2. The van der Waals surface area contributed by atoms with Crippen LogP contribution in [0.2, 0.25) is 0 Å². The molecule has 2 aromatic carbocycles. The van der Waals surface area contributed by atoms with Crippen LogP contribution in [0.25, 0.3) is 0 Å². The molecule has 0 aromatic heterocycles. The highest BCUT2D eigenvalue weighted by Crippen LogP contribution is 2.17. The molecule has 0 spiro atoms. The lowest BCUT2D eigenvalue weighted by Crippen LogP contribution is -2.22. The predicted molar refractivity (Wildman–Crippen MR) is 84.2 cm³/mol. The fraction of sp³-hybridized carbons (Fsp3) is 0.176. The van der Waals surface area contributed by atoms with Gasteiger partial charge in [-0.2, -0.15) is 5.26 Å². The Hall–Kier alpha value is -2.80. The number of amides is 1. The maximum atomic E-state index is 11.9. The molecule has 2 aromatic rings. The molecule has 4 heteroatoms. The van der Waals surface area contributed by atoms with Crippen molar-refractivity contribution in [1.82, 2.24) is 0 Å². The Morgan fingerprint density at radius 2 is 1.86 bits per heavy atom. The van der Waals surface area contributed by atoms with Gasteiger partial charge in [0.1, 0.15) is 0 Å². The molecule has 1 amide bonds. The van der Waals surface area contributed by atoms with Crippen molar-refractivity contribution in [2.75, 3.05) is 17.2 Å². The first-order valence-electron chi connectivity index (χ1n) is 6.70. The third-order valence-corrected chi connectivity index (χ3v) is 3.34. The highest BCUT2D eigenvalue weighted by atomic mass is 16.1. The standard InChI is InChI=1S/C17H17N3O/c1-12-4-3-5-16(13(12)2)19-11-17(21)20-15-8-6-14(10-18)7-9-15/h3-9,19H,11H2,1-2H3,(H,20,21). The van der Waals surface area contributed by atoms with E-state index in [0.29, 0.717) is 11.3 Å². The Labute approximate surface area is 124 Å². The van der Waals surface area contributed by atoms with Gasteiger partial charge in [-0.15, -0.1) is 0 Å². The molecule has 0 aliphatic heterocycles. The number of carbonyl (C=O) groups is 1. The molecule has 2 N–H and O–H groups in total.